The van der Waals surface area contributed by atoms with Gasteiger partial charge in [-0.3, -0.25) is 0 Å². The Kier molecular flexibility index (Phi) is 4.49. The summed E-state index contributed by atoms with van der Waals surface area (Å²) in [6.45, 7) is 3.74. The van der Waals surface area contributed by atoms with Crippen molar-refractivity contribution in [1.29, 1.82) is 0 Å². The topological polar surface area (TPSA) is 27.3 Å². The van der Waals surface area contributed by atoms with Gasteiger partial charge in [-0.05, 0) is 25.6 Å². The zero-order chi connectivity index (χ0) is 13.0. The summed E-state index contributed by atoms with van der Waals surface area (Å²) in [5.74, 6) is -1.09. The van der Waals surface area contributed by atoms with Crippen LogP contribution in [0.25, 0.3) is 0 Å². The fourth-order valence-corrected chi connectivity index (χ4v) is 2.20. The molecule has 0 saturated carbocycles. The second-order valence-electron chi connectivity index (χ2n) is 4.75. The molecule has 0 radical (unpaired) electrons. The van der Waals surface area contributed by atoms with Gasteiger partial charge in [0.25, 0.3) is 0 Å². The van der Waals surface area contributed by atoms with Crippen molar-refractivity contribution in [3.63, 3.8) is 0 Å². The Morgan fingerprint density at radius 2 is 2.28 bits per heavy atom. The molecule has 5 heteroatoms. The number of halogens is 2. The van der Waals surface area contributed by atoms with Crippen LogP contribution in [0.2, 0.25) is 0 Å². The first kappa shape index (κ1) is 13.2. The highest BCUT2D eigenvalue weighted by atomic mass is 19.1. The van der Waals surface area contributed by atoms with Gasteiger partial charge in [0, 0.05) is 38.3 Å². The molecule has 2 rings (SSSR count). The van der Waals surface area contributed by atoms with Gasteiger partial charge < -0.3 is 15.5 Å². The van der Waals surface area contributed by atoms with Crippen molar-refractivity contribution in [2.75, 3.05) is 38.5 Å². The minimum Gasteiger partial charge on any atom is -0.383 e. The van der Waals surface area contributed by atoms with E-state index in [2.05, 4.69) is 22.6 Å². The number of anilines is 1. The molecule has 1 aromatic rings. The summed E-state index contributed by atoms with van der Waals surface area (Å²) < 4.78 is 26.1. The molecule has 3 nitrogen and oxygen atoms in total. The van der Waals surface area contributed by atoms with Gasteiger partial charge in [-0.25, -0.2) is 8.78 Å². The fraction of sp³-hybridized carbons (Fsp3) is 0.538. The summed E-state index contributed by atoms with van der Waals surface area (Å²) in [7, 11) is 2.10. The lowest BCUT2D eigenvalue weighted by molar-refractivity contribution is 0.234. The van der Waals surface area contributed by atoms with Crippen LogP contribution >= 0.6 is 0 Å². The smallest absolute Gasteiger partial charge is 0.149 e. The number of benzene rings is 1. The normalized spacial score (nSPS) is 20.9. The minimum absolute atomic E-state index is 0.362. The molecule has 1 atom stereocenters. The van der Waals surface area contributed by atoms with Crippen LogP contribution < -0.4 is 10.6 Å². The van der Waals surface area contributed by atoms with Gasteiger partial charge in [-0.1, -0.05) is 0 Å². The minimum atomic E-state index is -0.548. The quantitative estimate of drug-likeness (QED) is 0.857. The summed E-state index contributed by atoms with van der Waals surface area (Å²) in [4.78, 5) is 2.28. The van der Waals surface area contributed by atoms with Crippen molar-refractivity contribution in [3.8, 4) is 0 Å². The Morgan fingerprint density at radius 1 is 1.44 bits per heavy atom. The second kappa shape index (κ2) is 6.11. The Hall–Kier alpha value is -1.20. The van der Waals surface area contributed by atoms with Gasteiger partial charge in [-0.15, -0.1) is 0 Å². The third kappa shape index (κ3) is 3.65. The van der Waals surface area contributed by atoms with E-state index in [1.165, 1.54) is 12.1 Å². The molecule has 1 aromatic carbocycles. The maximum atomic E-state index is 13.4. The molecule has 100 valence electrons. The zero-order valence-corrected chi connectivity index (χ0v) is 10.5. The van der Waals surface area contributed by atoms with Gasteiger partial charge in [-0.2, -0.15) is 0 Å². The number of hydrogen-bond acceptors (Lipinski definition) is 3. The largest absolute Gasteiger partial charge is 0.383 e. The molecule has 1 saturated heterocycles. The molecule has 1 aliphatic heterocycles. The van der Waals surface area contributed by atoms with Crippen LogP contribution in [-0.2, 0) is 0 Å². The predicted octanol–water partition coefficient (Wildman–Crippen LogP) is 1.67. The van der Waals surface area contributed by atoms with E-state index in [4.69, 9.17) is 0 Å². The molecule has 1 heterocycles. The van der Waals surface area contributed by atoms with Crippen molar-refractivity contribution in [2.24, 2.45) is 0 Å². The average Bonchev–Trinajstić information content (AvgIpc) is 2.32. The van der Waals surface area contributed by atoms with Crippen molar-refractivity contribution < 1.29 is 8.78 Å². The lowest BCUT2D eigenvalue weighted by atomic mass is 10.1. The number of hydrogen-bond donors (Lipinski definition) is 2. The van der Waals surface area contributed by atoms with Crippen LogP contribution in [0, 0.1) is 11.6 Å². The van der Waals surface area contributed by atoms with E-state index in [1.807, 2.05) is 0 Å². The summed E-state index contributed by atoms with van der Waals surface area (Å²) >= 11 is 0. The lowest BCUT2D eigenvalue weighted by Gasteiger charge is -2.31. The molecular weight excluding hydrogens is 236 g/mol. The van der Waals surface area contributed by atoms with Gasteiger partial charge in [0.15, 0.2) is 0 Å². The van der Waals surface area contributed by atoms with Crippen LogP contribution in [-0.4, -0.2) is 44.2 Å². The Balaban J connectivity index is 1.77. The molecule has 2 N–H and O–H groups in total. The first-order valence-corrected chi connectivity index (χ1v) is 6.26. The highest BCUT2D eigenvalue weighted by Crippen LogP contribution is 2.15. The first-order valence-electron chi connectivity index (χ1n) is 6.26. The van der Waals surface area contributed by atoms with Gasteiger partial charge in [0.05, 0.1) is 5.69 Å². The van der Waals surface area contributed by atoms with E-state index in [9.17, 15) is 8.78 Å². The summed E-state index contributed by atoms with van der Waals surface area (Å²) in [6, 6.07) is 4.03. The summed E-state index contributed by atoms with van der Waals surface area (Å²) in [5.41, 5.74) is 0.362. The standard InChI is InChI=1S/C13H19F2N3/c1-18-7-6-16-11(9-18)4-5-17-13-3-2-10(14)8-12(13)15/h2-3,8,11,16-17H,4-7,9H2,1H3. The molecule has 1 unspecified atom stereocenters. The Bertz CT molecular complexity index is 398. The molecule has 0 aliphatic carbocycles. The van der Waals surface area contributed by atoms with Gasteiger partial charge >= 0.3 is 0 Å². The fourth-order valence-electron chi connectivity index (χ4n) is 2.20. The van der Waals surface area contributed by atoms with E-state index in [0.29, 0.717) is 18.3 Å². The summed E-state index contributed by atoms with van der Waals surface area (Å²) in [5, 5.41) is 6.43. The number of nitrogens with one attached hydrogen (secondary N) is 2. The molecule has 1 fully saturated rings. The van der Waals surface area contributed by atoms with Crippen LogP contribution in [0.1, 0.15) is 6.42 Å². The van der Waals surface area contributed by atoms with E-state index < -0.39 is 11.6 Å². The number of rotatable bonds is 4. The maximum Gasteiger partial charge on any atom is 0.149 e. The SMILES string of the molecule is CN1CCNC(CCNc2ccc(F)cc2F)C1. The van der Waals surface area contributed by atoms with Crippen molar-refractivity contribution in [2.45, 2.75) is 12.5 Å². The maximum absolute atomic E-state index is 13.4. The molecule has 0 bridgehead atoms. The third-order valence-electron chi connectivity index (χ3n) is 3.20. The van der Waals surface area contributed by atoms with Crippen molar-refractivity contribution in [1.82, 2.24) is 10.2 Å². The number of nitrogens with zero attached hydrogens (tertiary/aromatic N) is 1. The van der Waals surface area contributed by atoms with Crippen LogP contribution in [0.15, 0.2) is 18.2 Å². The van der Waals surface area contributed by atoms with Crippen molar-refractivity contribution >= 4 is 5.69 Å². The summed E-state index contributed by atoms with van der Waals surface area (Å²) in [6.07, 6.45) is 0.918. The first-order chi connectivity index (χ1) is 8.65. The Morgan fingerprint density at radius 3 is 3.00 bits per heavy atom. The van der Waals surface area contributed by atoms with Crippen LogP contribution in [0.3, 0.4) is 0 Å². The molecule has 18 heavy (non-hydrogen) atoms. The highest BCUT2D eigenvalue weighted by molar-refractivity contribution is 5.44. The molecule has 0 spiro atoms. The van der Waals surface area contributed by atoms with Crippen molar-refractivity contribution in [3.05, 3.63) is 29.8 Å². The monoisotopic (exact) mass is 255 g/mol. The van der Waals surface area contributed by atoms with Gasteiger partial charge in [0.1, 0.15) is 11.6 Å². The van der Waals surface area contributed by atoms with Gasteiger partial charge in [0.2, 0.25) is 0 Å². The van der Waals surface area contributed by atoms with E-state index >= 15 is 0 Å². The molecule has 0 aromatic heterocycles. The molecule has 0 amide bonds. The van der Waals surface area contributed by atoms with E-state index in [1.54, 1.807) is 0 Å². The highest BCUT2D eigenvalue weighted by Gasteiger charge is 2.15. The average molecular weight is 255 g/mol. The Labute approximate surface area is 106 Å². The van der Waals surface area contributed by atoms with E-state index in [0.717, 1.165) is 32.1 Å². The lowest BCUT2D eigenvalue weighted by Crippen LogP contribution is -2.49. The van der Waals surface area contributed by atoms with Crippen LogP contribution in [0.5, 0.6) is 0 Å². The third-order valence-corrected chi connectivity index (χ3v) is 3.20. The molecule has 1 aliphatic rings. The van der Waals surface area contributed by atoms with Crippen LogP contribution in [0.4, 0.5) is 14.5 Å². The zero-order valence-electron chi connectivity index (χ0n) is 10.5. The molecular formula is C13H19F2N3. The number of likely N-dealkylation sites (N-methyl/N-ethyl adjacent to an activating group) is 1. The predicted molar refractivity (Wildman–Crippen MR) is 68.8 cm³/mol. The number of piperazine rings is 1. The second-order valence-corrected chi connectivity index (χ2v) is 4.75. The van der Waals surface area contributed by atoms with E-state index in [-0.39, 0.29) is 0 Å².